The molecule has 0 unspecified atom stereocenters. The molecule has 2 aromatic rings. The summed E-state index contributed by atoms with van der Waals surface area (Å²) in [6.45, 7) is 3.10. The molecule has 0 saturated heterocycles. The molecule has 1 heterocycles. The highest BCUT2D eigenvalue weighted by Gasteiger charge is 2.21. The number of hydrogen-bond donors (Lipinski definition) is 0. The topological polar surface area (TPSA) is 68.7 Å². The van der Waals surface area contributed by atoms with E-state index in [0.29, 0.717) is 31.9 Å². The van der Waals surface area contributed by atoms with Crippen LogP contribution in [0.4, 0.5) is 0 Å². The van der Waals surface area contributed by atoms with E-state index in [0.717, 1.165) is 11.3 Å². The summed E-state index contributed by atoms with van der Waals surface area (Å²) in [6.07, 6.45) is 2.27. The van der Waals surface area contributed by atoms with E-state index in [-0.39, 0.29) is 4.90 Å². The molecule has 0 aliphatic rings. The fourth-order valence-electron chi connectivity index (χ4n) is 2.30. The zero-order chi connectivity index (χ0) is 18.3. The van der Waals surface area contributed by atoms with Gasteiger partial charge in [-0.3, -0.25) is 4.98 Å². The zero-order valence-electron chi connectivity index (χ0n) is 14.8. The minimum absolute atomic E-state index is 0.257. The number of likely N-dealkylation sites (N-methyl/N-ethyl adjacent to an activating group) is 1. The van der Waals surface area contributed by atoms with Gasteiger partial charge in [0.25, 0.3) is 0 Å². The molecule has 1 aromatic heterocycles. The first-order valence-corrected chi connectivity index (χ1v) is 9.48. The third-order valence-electron chi connectivity index (χ3n) is 3.81. The molecule has 0 atom stereocenters. The summed E-state index contributed by atoms with van der Waals surface area (Å²) < 4.78 is 37.3. The normalized spacial score (nSPS) is 11.7. The second kappa shape index (κ2) is 8.94. The van der Waals surface area contributed by atoms with E-state index in [1.54, 1.807) is 38.6 Å². The van der Waals surface area contributed by atoms with Crippen LogP contribution in [0.25, 0.3) is 0 Å². The maximum absolute atomic E-state index is 12.7. The molecule has 0 aliphatic heterocycles. The van der Waals surface area contributed by atoms with Crippen molar-refractivity contribution in [1.29, 1.82) is 0 Å². The number of hydrogen-bond acceptors (Lipinski definition) is 5. The number of ether oxygens (including phenoxy) is 2. The third-order valence-corrected chi connectivity index (χ3v) is 5.66. The third kappa shape index (κ3) is 5.26. The van der Waals surface area contributed by atoms with Gasteiger partial charge in [-0.25, -0.2) is 12.7 Å². The second-order valence-corrected chi connectivity index (χ2v) is 7.71. The van der Waals surface area contributed by atoms with Crippen LogP contribution in [0.1, 0.15) is 11.3 Å². The molecule has 7 heteroatoms. The van der Waals surface area contributed by atoms with Crippen molar-refractivity contribution in [2.75, 3.05) is 33.9 Å². The Morgan fingerprint density at radius 2 is 1.96 bits per heavy atom. The minimum atomic E-state index is -3.55. The Kier molecular flexibility index (Phi) is 6.92. The van der Waals surface area contributed by atoms with E-state index in [9.17, 15) is 8.42 Å². The first-order chi connectivity index (χ1) is 11.9. The lowest BCUT2D eigenvalue weighted by Crippen LogP contribution is -2.29. The van der Waals surface area contributed by atoms with E-state index in [4.69, 9.17) is 9.47 Å². The smallest absolute Gasteiger partial charge is 0.242 e. The summed E-state index contributed by atoms with van der Waals surface area (Å²) in [7, 11) is -0.364. The number of rotatable bonds is 9. The molecule has 0 saturated carbocycles. The number of sulfonamides is 1. The van der Waals surface area contributed by atoms with Crippen LogP contribution in [0.2, 0.25) is 0 Å². The van der Waals surface area contributed by atoms with Crippen LogP contribution in [0, 0.1) is 6.92 Å². The molecule has 136 valence electrons. The molecule has 6 nitrogen and oxygen atoms in total. The number of nitrogens with zero attached hydrogens (tertiary/aromatic N) is 2. The van der Waals surface area contributed by atoms with Crippen LogP contribution in [0.3, 0.4) is 0 Å². The molecule has 0 amide bonds. The molecule has 0 bridgehead atoms. The highest BCUT2D eigenvalue weighted by atomic mass is 32.2. The molecule has 0 radical (unpaired) electrons. The van der Waals surface area contributed by atoms with Crippen LogP contribution in [-0.2, 0) is 21.2 Å². The lowest BCUT2D eigenvalue weighted by molar-refractivity contribution is 0.146. The van der Waals surface area contributed by atoms with Crippen molar-refractivity contribution in [3.63, 3.8) is 0 Å². The number of methoxy groups -OCH3 is 1. The average Bonchev–Trinajstić information content (AvgIpc) is 2.62. The summed E-state index contributed by atoms with van der Waals surface area (Å²) >= 11 is 0. The quantitative estimate of drug-likeness (QED) is 0.639. The van der Waals surface area contributed by atoms with Crippen molar-refractivity contribution < 1.29 is 17.9 Å². The second-order valence-electron chi connectivity index (χ2n) is 5.67. The number of pyridine rings is 1. The van der Waals surface area contributed by atoms with Crippen LogP contribution in [0.5, 0.6) is 5.75 Å². The fraction of sp³-hybridized carbons (Fsp3) is 0.389. The lowest BCUT2D eigenvalue weighted by Gasteiger charge is -2.18. The van der Waals surface area contributed by atoms with Crippen molar-refractivity contribution in [2.24, 2.45) is 0 Å². The Balaban J connectivity index is 2.06. The summed E-state index contributed by atoms with van der Waals surface area (Å²) in [5, 5.41) is 0. The Morgan fingerprint density at radius 1 is 1.16 bits per heavy atom. The predicted octanol–water partition coefficient (Wildman–Crippen LogP) is 2.28. The molecule has 0 N–H and O–H groups in total. The van der Waals surface area contributed by atoms with Gasteiger partial charge in [-0.05, 0) is 42.8 Å². The number of benzene rings is 1. The summed E-state index contributed by atoms with van der Waals surface area (Å²) in [5.74, 6) is 0.659. The molecule has 0 fully saturated rings. The first-order valence-electron chi connectivity index (χ1n) is 8.04. The van der Waals surface area contributed by atoms with Gasteiger partial charge < -0.3 is 9.47 Å². The Hall–Kier alpha value is -1.96. The van der Waals surface area contributed by atoms with Crippen LogP contribution >= 0.6 is 0 Å². The predicted molar refractivity (Wildman–Crippen MR) is 96.3 cm³/mol. The fourth-order valence-corrected chi connectivity index (χ4v) is 3.55. The zero-order valence-corrected chi connectivity index (χ0v) is 15.6. The lowest BCUT2D eigenvalue weighted by atomic mass is 10.2. The highest BCUT2D eigenvalue weighted by Crippen LogP contribution is 2.23. The van der Waals surface area contributed by atoms with Crippen molar-refractivity contribution in [1.82, 2.24) is 9.29 Å². The highest BCUT2D eigenvalue weighted by molar-refractivity contribution is 7.89. The van der Waals surface area contributed by atoms with E-state index in [1.807, 2.05) is 25.1 Å². The standard InChI is InChI=1S/C18H24N2O4S/c1-15-14-17(7-8-18(15)24-13-12-23-3)25(21,22)20(2)11-9-16-6-4-5-10-19-16/h4-8,10,14H,9,11-13H2,1-3H3. The SMILES string of the molecule is COCCOc1ccc(S(=O)(=O)N(C)CCc2ccccn2)cc1C. The van der Waals surface area contributed by atoms with Crippen molar-refractivity contribution in [2.45, 2.75) is 18.2 Å². The molecule has 25 heavy (non-hydrogen) atoms. The van der Waals surface area contributed by atoms with Crippen LogP contribution in [-0.4, -0.2) is 51.6 Å². The summed E-state index contributed by atoms with van der Waals surface area (Å²) in [5.41, 5.74) is 1.64. The maximum atomic E-state index is 12.7. The minimum Gasteiger partial charge on any atom is -0.491 e. The average molecular weight is 364 g/mol. The van der Waals surface area contributed by atoms with Gasteiger partial charge in [-0.2, -0.15) is 0 Å². The Bertz CT molecular complexity index is 779. The largest absolute Gasteiger partial charge is 0.491 e. The Morgan fingerprint density at radius 3 is 2.60 bits per heavy atom. The number of aromatic nitrogens is 1. The molecule has 1 aromatic carbocycles. The molecular formula is C18H24N2O4S. The first kappa shape index (κ1) is 19.4. The molecule has 2 rings (SSSR count). The van der Waals surface area contributed by atoms with E-state index >= 15 is 0 Å². The number of aryl methyl sites for hydroxylation is 1. The van der Waals surface area contributed by atoms with Gasteiger partial charge in [0.2, 0.25) is 10.0 Å². The van der Waals surface area contributed by atoms with Crippen molar-refractivity contribution >= 4 is 10.0 Å². The van der Waals surface area contributed by atoms with E-state index < -0.39 is 10.0 Å². The molecular weight excluding hydrogens is 340 g/mol. The van der Waals surface area contributed by atoms with Gasteiger partial charge in [-0.1, -0.05) is 6.07 Å². The van der Waals surface area contributed by atoms with E-state index in [2.05, 4.69) is 4.98 Å². The van der Waals surface area contributed by atoms with Crippen molar-refractivity contribution in [3.05, 3.63) is 53.9 Å². The van der Waals surface area contributed by atoms with Gasteiger partial charge in [0.1, 0.15) is 12.4 Å². The van der Waals surface area contributed by atoms with Crippen LogP contribution in [0.15, 0.2) is 47.5 Å². The molecule has 0 spiro atoms. The van der Waals surface area contributed by atoms with Gasteiger partial charge in [0.05, 0.1) is 11.5 Å². The van der Waals surface area contributed by atoms with Gasteiger partial charge in [0.15, 0.2) is 0 Å². The van der Waals surface area contributed by atoms with E-state index in [1.165, 1.54) is 4.31 Å². The summed E-state index contributed by atoms with van der Waals surface area (Å²) in [6, 6.07) is 10.5. The Labute approximate surface area is 149 Å². The monoisotopic (exact) mass is 364 g/mol. The van der Waals surface area contributed by atoms with Gasteiger partial charge >= 0.3 is 0 Å². The van der Waals surface area contributed by atoms with Gasteiger partial charge in [0, 0.05) is 39.0 Å². The summed E-state index contributed by atoms with van der Waals surface area (Å²) in [4.78, 5) is 4.48. The van der Waals surface area contributed by atoms with Gasteiger partial charge in [-0.15, -0.1) is 0 Å². The van der Waals surface area contributed by atoms with Crippen LogP contribution < -0.4 is 4.74 Å². The maximum Gasteiger partial charge on any atom is 0.242 e. The van der Waals surface area contributed by atoms with Crippen molar-refractivity contribution in [3.8, 4) is 5.75 Å². The molecule has 0 aliphatic carbocycles.